The molecule has 0 unspecified atom stereocenters. The molecule has 1 amide bonds. The number of halogens is 2. The molecule has 21 heavy (non-hydrogen) atoms. The Labute approximate surface area is 123 Å². The van der Waals surface area contributed by atoms with E-state index in [0.717, 1.165) is 18.2 Å². The van der Waals surface area contributed by atoms with Crippen LogP contribution in [0, 0.1) is 18.6 Å². The molecule has 1 aromatic heterocycles. The van der Waals surface area contributed by atoms with Crippen molar-refractivity contribution in [3.8, 4) is 0 Å². The zero-order valence-electron chi connectivity index (χ0n) is 10.9. The highest BCUT2D eigenvalue weighted by Crippen LogP contribution is 2.20. The molecular formula is C14H11F2NO3S. The van der Waals surface area contributed by atoms with Gasteiger partial charge in [0, 0.05) is 0 Å². The Morgan fingerprint density at radius 1 is 1.24 bits per heavy atom. The molecule has 0 aliphatic rings. The number of hydrogen-bond acceptors (Lipinski definition) is 3. The number of carbonyl (C=O) groups is 2. The van der Waals surface area contributed by atoms with Crippen LogP contribution >= 0.6 is 11.3 Å². The van der Waals surface area contributed by atoms with Gasteiger partial charge in [0.15, 0.2) is 17.7 Å². The van der Waals surface area contributed by atoms with E-state index in [1.54, 1.807) is 18.4 Å². The summed E-state index contributed by atoms with van der Waals surface area (Å²) in [5.41, 5.74) is 0.677. The second kappa shape index (κ2) is 6.01. The molecule has 0 spiro atoms. The molecular weight excluding hydrogens is 300 g/mol. The van der Waals surface area contributed by atoms with Crippen molar-refractivity contribution < 1.29 is 23.5 Å². The summed E-state index contributed by atoms with van der Waals surface area (Å²) >= 11 is 1.17. The fourth-order valence-corrected chi connectivity index (χ4v) is 2.61. The summed E-state index contributed by atoms with van der Waals surface area (Å²) in [6, 6.07) is 2.99. The average Bonchev–Trinajstić information content (AvgIpc) is 2.85. The van der Waals surface area contributed by atoms with Gasteiger partial charge in [-0.15, -0.1) is 11.3 Å². The van der Waals surface area contributed by atoms with E-state index in [-0.39, 0.29) is 5.56 Å². The number of hydrogen-bond donors (Lipinski definition) is 2. The summed E-state index contributed by atoms with van der Waals surface area (Å²) in [4.78, 5) is 23.7. The molecule has 1 aromatic carbocycles. The number of nitrogens with one attached hydrogen (secondary N) is 1. The number of rotatable bonds is 4. The molecule has 2 rings (SSSR count). The number of carboxylic acid groups (broad SMARTS) is 1. The van der Waals surface area contributed by atoms with Gasteiger partial charge in [0.2, 0.25) is 0 Å². The summed E-state index contributed by atoms with van der Waals surface area (Å²) in [6.07, 6.45) is 0. The SMILES string of the molecule is Cc1ccsc1C(=O)N[C@H](C(=O)O)c1ccc(F)c(F)c1. The van der Waals surface area contributed by atoms with Gasteiger partial charge in [0.05, 0.1) is 4.88 Å². The maximum absolute atomic E-state index is 13.2. The van der Waals surface area contributed by atoms with Gasteiger partial charge >= 0.3 is 5.97 Å². The van der Waals surface area contributed by atoms with E-state index in [2.05, 4.69) is 5.32 Å². The first kappa shape index (κ1) is 15.1. The van der Waals surface area contributed by atoms with Gasteiger partial charge in [-0.1, -0.05) is 6.07 Å². The molecule has 0 bridgehead atoms. The predicted octanol–water partition coefficient (Wildman–Crippen LogP) is 2.89. The molecule has 2 N–H and O–H groups in total. The zero-order chi connectivity index (χ0) is 15.6. The number of benzene rings is 1. The molecule has 0 aliphatic carbocycles. The minimum Gasteiger partial charge on any atom is -0.479 e. The van der Waals surface area contributed by atoms with Crippen LogP contribution in [0.15, 0.2) is 29.6 Å². The lowest BCUT2D eigenvalue weighted by atomic mass is 10.1. The van der Waals surface area contributed by atoms with Gasteiger partial charge in [-0.2, -0.15) is 0 Å². The predicted molar refractivity (Wildman–Crippen MR) is 73.3 cm³/mol. The summed E-state index contributed by atoms with van der Waals surface area (Å²) in [5.74, 6) is -4.17. The Morgan fingerprint density at radius 2 is 1.95 bits per heavy atom. The third-order valence-corrected chi connectivity index (χ3v) is 3.88. The van der Waals surface area contributed by atoms with Crippen molar-refractivity contribution >= 4 is 23.2 Å². The Morgan fingerprint density at radius 3 is 2.48 bits per heavy atom. The Balaban J connectivity index is 2.28. The van der Waals surface area contributed by atoms with Crippen LogP contribution in [0.5, 0.6) is 0 Å². The summed E-state index contributed by atoms with van der Waals surface area (Å²) < 4.78 is 26.1. The van der Waals surface area contributed by atoms with Gasteiger partial charge in [-0.3, -0.25) is 4.79 Å². The third-order valence-electron chi connectivity index (χ3n) is 2.87. The third kappa shape index (κ3) is 3.25. The molecule has 0 radical (unpaired) electrons. The molecule has 7 heteroatoms. The first-order chi connectivity index (χ1) is 9.90. The minimum atomic E-state index is -1.45. The van der Waals surface area contributed by atoms with E-state index < -0.39 is 29.6 Å². The summed E-state index contributed by atoms with van der Waals surface area (Å²) in [5, 5.41) is 13.2. The fourth-order valence-electron chi connectivity index (χ4n) is 1.78. The molecule has 0 saturated heterocycles. The van der Waals surface area contributed by atoms with Crippen molar-refractivity contribution in [2.24, 2.45) is 0 Å². The quantitative estimate of drug-likeness (QED) is 0.912. The molecule has 1 atom stereocenters. The smallest absolute Gasteiger partial charge is 0.330 e. The van der Waals surface area contributed by atoms with Crippen molar-refractivity contribution in [3.63, 3.8) is 0 Å². The monoisotopic (exact) mass is 311 g/mol. The summed E-state index contributed by atoms with van der Waals surface area (Å²) in [6.45, 7) is 1.72. The van der Waals surface area contributed by atoms with Crippen molar-refractivity contribution in [1.29, 1.82) is 0 Å². The van der Waals surface area contributed by atoms with E-state index in [1.165, 1.54) is 11.3 Å². The maximum Gasteiger partial charge on any atom is 0.330 e. The lowest BCUT2D eigenvalue weighted by molar-refractivity contribution is -0.139. The standard InChI is InChI=1S/C14H11F2NO3S/c1-7-4-5-21-12(7)13(18)17-11(14(19)20)8-2-3-9(15)10(16)6-8/h2-6,11H,1H3,(H,17,18)(H,19,20)/t11-/m0/s1. The Kier molecular flexibility index (Phi) is 4.32. The van der Waals surface area contributed by atoms with Crippen molar-refractivity contribution in [1.82, 2.24) is 5.32 Å². The number of carboxylic acids is 1. The lowest BCUT2D eigenvalue weighted by Crippen LogP contribution is -2.33. The molecule has 1 heterocycles. The second-order valence-electron chi connectivity index (χ2n) is 4.35. The van der Waals surface area contributed by atoms with E-state index in [1.807, 2.05) is 0 Å². The van der Waals surface area contributed by atoms with Gasteiger partial charge in [-0.05, 0) is 41.6 Å². The number of aliphatic carboxylic acids is 1. The van der Waals surface area contributed by atoms with Crippen LogP contribution < -0.4 is 5.32 Å². The second-order valence-corrected chi connectivity index (χ2v) is 5.27. The highest BCUT2D eigenvalue weighted by molar-refractivity contribution is 7.12. The normalized spacial score (nSPS) is 12.0. The van der Waals surface area contributed by atoms with Gasteiger partial charge in [0.1, 0.15) is 0 Å². The molecule has 2 aromatic rings. The first-order valence-corrected chi connectivity index (χ1v) is 6.81. The van der Waals surface area contributed by atoms with E-state index >= 15 is 0 Å². The number of thiophene rings is 1. The maximum atomic E-state index is 13.2. The molecule has 0 fully saturated rings. The fraction of sp³-hybridized carbons (Fsp3) is 0.143. The molecule has 0 aliphatic heterocycles. The minimum absolute atomic E-state index is 0.0380. The van der Waals surface area contributed by atoms with E-state index in [0.29, 0.717) is 10.4 Å². The number of amides is 1. The van der Waals surface area contributed by atoms with Gasteiger partial charge < -0.3 is 10.4 Å². The zero-order valence-corrected chi connectivity index (χ0v) is 11.7. The van der Waals surface area contributed by atoms with Crippen molar-refractivity contribution in [3.05, 3.63) is 57.3 Å². The van der Waals surface area contributed by atoms with E-state index in [9.17, 15) is 23.5 Å². The van der Waals surface area contributed by atoms with Crippen LogP contribution in [-0.4, -0.2) is 17.0 Å². The highest BCUT2D eigenvalue weighted by atomic mass is 32.1. The van der Waals surface area contributed by atoms with Gasteiger partial charge in [-0.25, -0.2) is 13.6 Å². The van der Waals surface area contributed by atoms with Crippen LogP contribution in [0.1, 0.15) is 26.8 Å². The van der Waals surface area contributed by atoms with Crippen LogP contribution in [0.25, 0.3) is 0 Å². The summed E-state index contributed by atoms with van der Waals surface area (Å²) in [7, 11) is 0. The Bertz CT molecular complexity index is 699. The van der Waals surface area contributed by atoms with Crippen molar-refractivity contribution in [2.45, 2.75) is 13.0 Å². The molecule has 110 valence electrons. The number of carbonyl (C=O) groups excluding carboxylic acids is 1. The van der Waals surface area contributed by atoms with Gasteiger partial charge in [0.25, 0.3) is 5.91 Å². The topological polar surface area (TPSA) is 66.4 Å². The van der Waals surface area contributed by atoms with Crippen LogP contribution in [0.4, 0.5) is 8.78 Å². The highest BCUT2D eigenvalue weighted by Gasteiger charge is 2.24. The van der Waals surface area contributed by atoms with Crippen molar-refractivity contribution in [2.75, 3.05) is 0 Å². The lowest BCUT2D eigenvalue weighted by Gasteiger charge is -2.15. The average molecular weight is 311 g/mol. The number of aryl methyl sites for hydroxylation is 1. The van der Waals surface area contributed by atoms with E-state index in [4.69, 9.17) is 0 Å². The molecule has 0 saturated carbocycles. The largest absolute Gasteiger partial charge is 0.479 e. The first-order valence-electron chi connectivity index (χ1n) is 5.93. The van der Waals surface area contributed by atoms with Crippen LogP contribution in [-0.2, 0) is 4.79 Å². The molecule has 4 nitrogen and oxygen atoms in total. The van der Waals surface area contributed by atoms with Crippen LogP contribution in [0.2, 0.25) is 0 Å². The van der Waals surface area contributed by atoms with Crippen LogP contribution in [0.3, 0.4) is 0 Å². The Hall–Kier alpha value is -2.28.